The first-order valence-electron chi connectivity index (χ1n) is 6.34. The van der Waals surface area contributed by atoms with Gasteiger partial charge in [-0.05, 0) is 40.0 Å². The van der Waals surface area contributed by atoms with Crippen molar-refractivity contribution in [3.63, 3.8) is 0 Å². The van der Waals surface area contributed by atoms with Crippen LogP contribution in [-0.2, 0) is 4.74 Å². The fraction of sp³-hybridized carbons (Fsp3) is 0.846. The number of aliphatic imine (C=N–C) groups is 1. The first-order valence-corrected chi connectivity index (χ1v) is 6.34. The van der Waals surface area contributed by atoms with Gasteiger partial charge in [0.25, 0.3) is 0 Å². The summed E-state index contributed by atoms with van der Waals surface area (Å²) in [5.74, 6) is 0. The molecule has 0 aromatic carbocycles. The zero-order valence-electron chi connectivity index (χ0n) is 11.6. The van der Waals surface area contributed by atoms with Crippen molar-refractivity contribution in [3.05, 3.63) is 0 Å². The minimum absolute atomic E-state index is 0.139. The molecule has 0 aliphatic carbocycles. The fourth-order valence-corrected chi connectivity index (χ4v) is 2.19. The van der Waals surface area contributed by atoms with Crippen molar-refractivity contribution in [2.45, 2.75) is 58.6 Å². The summed E-state index contributed by atoms with van der Waals surface area (Å²) in [4.78, 5) is 18.2. The van der Waals surface area contributed by atoms with Crippen LogP contribution in [0.15, 0.2) is 4.99 Å². The molecule has 0 N–H and O–H groups in total. The predicted molar refractivity (Wildman–Crippen MR) is 69.6 cm³/mol. The number of nitrogens with zero attached hydrogens (tertiary/aromatic N) is 2. The Morgan fingerprint density at radius 3 is 2.59 bits per heavy atom. The summed E-state index contributed by atoms with van der Waals surface area (Å²) >= 11 is 0. The van der Waals surface area contributed by atoms with Crippen LogP contribution in [-0.4, -0.2) is 41.9 Å². The fourth-order valence-electron chi connectivity index (χ4n) is 2.19. The van der Waals surface area contributed by atoms with Crippen molar-refractivity contribution in [1.82, 2.24) is 4.90 Å². The minimum Gasteiger partial charge on any atom is -0.444 e. The zero-order chi connectivity index (χ0) is 13.1. The normalized spacial score (nSPS) is 21.8. The molecule has 0 aromatic heterocycles. The molecule has 1 amide bonds. The summed E-state index contributed by atoms with van der Waals surface area (Å²) in [6.07, 6.45) is 2.71. The average Bonchev–Trinajstić information content (AvgIpc) is 2.66. The lowest BCUT2D eigenvalue weighted by Crippen LogP contribution is -2.43. The number of carbonyl (C=O) groups is 1. The molecule has 0 spiro atoms. The van der Waals surface area contributed by atoms with Crippen molar-refractivity contribution >= 4 is 11.8 Å². The maximum atomic E-state index is 12.1. The van der Waals surface area contributed by atoms with E-state index in [-0.39, 0.29) is 12.1 Å². The number of ether oxygens (including phenoxy) is 1. The zero-order valence-corrected chi connectivity index (χ0v) is 11.6. The van der Waals surface area contributed by atoms with Crippen LogP contribution in [0.3, 0.4) is 0 Å². The Morgan fingerprint density at radius 1 is 1.47 bits per heavy atom. The van der Waals surface area contributed by atoms with Gasteiger partial charge in [0.1, 0.15) is 5.60 Å². The third-order valence-corrected chi connectivity index (χ3v) is 2.91. The number of likely N-dealkylation sites (tertiary alicyclic amines) is 1. The molecule has 1 heterocycles. The Hall–Kier alpha value is -1.06. The highest BCUT2D eigenvalue weighted by atomic mass is 16.6. The largest absolute Gasteiger partial charge is 0.444 e. The van der Waals surface area contributed by atoms with Crippen molar-refractivity contribution in [2.75, 3.05) is 13.6 Å². The molecule has 1 atom stereocenters. The maximum absolute atomic E-state index is 12.1. The molecule has 0 aromatic rings. The first-order chi connectivity index (χ1) is 7.89. The highest BCUT2D eigenvalue weighted by Crippen LogP contribution is 2.22. The van der Waals surface area contributed by atoms with E-state index in [0.29, 0.717) is 0 Å². The van der Waals surface area contributed by atoms with Crippen molar-refractivity contribution in [1.29, 1.82) is 0 Å². The van der Waals surface area contributed by atoms with E-state index < -0.39 is 5.60 Å². The summed E-state index contributed by atoms with van der Waals surface area (Å²) in [7, 11) is 1.80. The summed E-state index contributed by atoms with van der Waals surface area (Å²) in [5.41, 5.74) is 0.660. The molecule has 0 bridgehead atoms. The van der Waals surface area contributed by atoms with E-state index >= 15 is 0 Å². The van der Waals surface area contributed by atoms with Gasteiger partial charge in [-0.25, -0.2) is 4.79 Å². The summed E-state index contributed by atoms with van der Waals surface area (Å²) in [6, 6.07) is 0.139. The van der Waals surface area contributed by atoms with Crippen LogP contribution >= 0.6 is 0 Å². The molecule has 1 unspecified atom stereocenters. The van der Waals surface area contributed by atoms with Crippen LogP contribution in [0.25, 0.3) is 0 Å². The third-order valence-electron chi connectivity index (χ3n) is 2.91. The lowest BCUT2D eigenvalue weighted by molar-refractivity contribution is 0.0265. The molecule has 1 aliphatic rings. The number of carbonyl (C=O) groups excluding carboxylic acids is 1. The Bertz CT molecular complexity index is 305. The van der Waals surface area contributed by atoms with Gasteiger partial charge in [-0.3, -0.25) is 9.89 Å². The van der Waals surface area contributed by atoms with Gasteiger partial charge in [0, 0.05) is 19.3 Å². The van der Waals surface area contributed by atoms with Gasteiger partial charge in [0.15, 0.2) is 0 Å². The molecule has 1 aliphatic heterocycles. The van der Waals surface area contributed by atoms with Gasteiger partial charge in [-0.15, -0.1) is 0 Å². The number of hydrogen-bond donors (Lipinski definition) is 0. The van der Waals surface area contributed by atoms with E-state index in [1.54, 1.807) is 7.05 Å². The van der Waals surface area contributed by atoms with E-state index in [9.17, 15) is 4.79 Å². The molecule has 4 heteroatoms. The summed E-state index contributed by atoms with van der Waals surface area (Å²) < 4.78 is 5.42. The number of amides is 1. The predicted octanol–water partition coefficient (Wildman–Crippen LogP) is 2.87. The second-order valence-electron chi connectivity index (χ2n) is 5.40. The smallest absolute Gasteiger partial charge is 0.410 e. The van der Waals surface area contributed by atoms with Gasteiger partial charge in [-0.1, -0.05) is 6.92 Å². The number of hydrogen-bond acceptors (Lipinski definition) is 3. The molecule has 1 saturated heterocycles. The molecular weight excluding hydrogens is 216 g/mol. The standard InChI is InChI=1S/C13H24N2O2/c1-6-10(14-5)11-8-7-9-15(11)12(16)17-13(2,3)4/h11H,6-9H2,1-5H3. The molecule has 1 fully saturated rings. The van der Waals surface area contributed by atoms with Gasteiger partial charge in [0.2, 0.25) is 0 Å². The summed E-state index contributed by atoms with van der Waals surface area (Å²) in [6.45, 7) is 8.53. The molecular formula is C13H24N2O2. The van der Waals surface area contributed by atoms with Crippen LogP contribution in [0, 0.1) is 0 Å². The van der Waals surface area contributed by atoms with Crippen LogP contribution in [0.5, 0.6) is 0 Å². The van der Waals surface area contributed by atoms with E-state index in [0.717, 1.165) is 31.5 Å². The Morgan fingerprint density at radius 2 is 2.12 bits per heavy atom. The van der Waals surface area contributed by atoms with Crippen molar-refractivity contribution in [2.24, 2.45) is 4.99 Å². The Labute approximate surface area is 104 Å². The van der Waals surface area contributed by atoms with Crippen LogP contribution in [0.4, 0.5) is 4.79 Å². The summed E-state index contributed by atoms with van der Waals surface area (Å²) in [5, 5.41) is 0. The molecule has 0 radical (unpaired) electrons. The highest BCUT2D eigenvalue weighted by Gasteiger charge is 2.34. The lowest BCUT2D eigenvalue weighted by Gasteiger charge is -2.29. The highest BCUT2D eigenvalue weighted by molar-refractivity contribution is 5.92. The number of rotatable bonds is 2. The second kappa shape index (κ2) is 5.52. The van der Waals surface area contributed by atoms with Crippen LogP contribution < -0.4 is 0 Å². The van der Waals surface area contributed by atoms with Gasteiger partial charge < -0.3 is 4.74 Å². The third kappa shape index (κ3) is 3.72. The molecule has 1 rings (SSSR count). The van der Waals surface area contributed by atoms with E-state index in [1.165, 1.54) is 0 Å². The maximum Gasteiger partial charge on any atom is 0.410 e. The van der Waals surface area contributed by atoms with E-state index in [4.69, 9.17) is 4.74 Å². The van der Waals surface area contributed by atoms with Gasteiger partial charge >= 0.3 is 6.09 Å². The van der Waals surface area contributed by atoms with Gasteiger partial charge in [0.05, 0.1) is 6.04 Å². The first kappa shape index (κ1) is 14.0. The average molecular weight is 240 g/mol. The van der Waals surface area contributed by atoms with E-state index in [1.807, 2.05) is 25.7 Å². The van der Waals surface area contributed by atoms with E-state index in [2.05, 4.69) is 11.9 Å². The molecule has 4 nitrogen and oxygen atoms in total. The molecule has 17 heavy (non-hydrogen) atoms. The quantitative estimate of drug-likeness (QED) is 0.696. The topological polar surface area (TPSA) is 41.9 Å². The minimum atomic E-state index is -0.431. The molecule has 98 valence electrons. The lowest BCUT2D eigenvalue weighted by atomic mass is 10.1. The molecule has 0 saturated carbocycles. The van der Waals surface area contributed by atoms with Crippen LogP contribution in [0.2, 0.25) is 0 Å². The van der Waals surface area contributed by atoms with Crippen molar-refractivity contribution < 1.29 is 9.53 Å². The second-order valence-corrected chi connectivity index (χ2v) is 5.40. The Balaban J connectivity index is 2.73. The SMILES string of the molecule is CCC(=NC)C1CCCN1C(=O)OC(C)(C)C. The monoisotopic (exact) mass is 240 g/mol. The Kier molecular flexibility index (Phi) is 4.54. The van der Waals surface area contributed by atoms with Gasteiger partial charge in [-0.2, -0.15) is 0 Å². The van der Waals surface area contributed by atoms with Crippen molar-refractivity contribution in [3.8, 4) is 0 Å². The van der Waals surface area contributed by atoms with Crippen LogP contribution in [0.1, 0.15) is 47.0 Å².